The van der Waals surface area contributed by atoms with E-state index in [-0.39, 0.29) is 5.41 Å². The Balaban J connectivity index is 2.32. The molecule has 0 N–H and O–H groups in total. The molecule has 0 unspecified atom stereocenters. The minimum Gasteiger partial charge on any atom is -0.297 e. The van der Waals surface area contributed by atoms with Crippen LogP contribution in [0.1, 0.15) is 45.1 Å². The molecule has 2 heteroatoms. The predicted molar refractivity (Wildman–Crippen MR) is 79.8 cm³/mol. The van der Waals surface area contributed by atoms with E-state index in [1.165, 1.54) is 30.5 Å². The summed E-state index contributed by atoms with van der Waals surface area (Å²) in [7, 11) is 1.94. The van der Waals surface area contributed by atoms with E-state index in [2.05, 4.69) is 31.0 Å². The van der Waals surface area contributed by atoms with Gasteiger partial charge in [0.1, 0.15) is 0 Å². The van der Waals surface area contributed by atoms with E-state index in [1.807, 2.05) is 19.2 Å². The summed E-state index contributed by atoms with van der Waals surface area (Å²) in [5, 5.41) is 0.812. The molecular formula is C16H22ClN. The first-order valence-electron chi connectivity index (χ1n) is 6.80. The van der Waals surface area contributed by atoms with Crippen molar-refractivity contribution in [3.8, 4) is 0 Å². The van der Waals surface area contributed by atoms with Gasteiger partial charge >= 0.3 is 0 Å². The lowest BCUT2D eigenvalue weighted by Crippen LogP contribution is -2.43. The zero-order valence-corrected chi connectivity index (χ0v) is 12.3. The van der Waals surface area contributed by atoms with Crippen molar-refractivity contribution in [2.75, 3.05) is 7.05 Å². The SMILES string of the molecule is C/N=C(\CC(C)C)C1(c2ccc(Cl)cc2)CCC1. The highest BCUT2D eigenvalue weighted by molar-refractivity contribution is 6.30. The van der Waals surface area contributed by atoms with Gasteiger partial charge in [-0.1, -0.05) is 44.0 Å². The predicted octanol–water partition coefficient (Wildman–Crippen LogP) is 4.88. The van der Waals surface area contributed by atoms with Gasteiger partial charge < -0.3 is 0 Å². The van der Waals surface area contributed by atoms with Gasteiger partial charge in [-0.25, -0.2) is 0 Å². The lowest BCUT2D eigenvalue weighted by molar-refractivity contribution is 0.332. The molecule has 0 radical (unpaired) electrons. The average Bonchev–Trinajstić information content (AvgIpc) is 2.28. The highest BCUT2D eigenvalue weighted by Gasteiger charge is 2.42. The fourth-order valence-corrected chi connectivity index (χ4v) is 3.06. The second-order valence-electron chi connectivity index (χ2n) is 5.71. The molecule has 1 aliphatic rings. The van der Waals surface area contributed by atoms with Crippen molar-refractivity contribution >= 4 is 17.3 Å². The Hall–Kier alpha value is -0.820. The van der Waals surface area contributed by atoms with E-state index in [0.29, 0.717) is 5.92 Å². The van der Waals surface area contributed by atoms with Crippen LogP contribution in [0.25, 0.3) is 0 Å². The summed E-state index contributed by atoms with van der Waals surface area (Å²) in [6.07, 6.45) is 4.86. The van der Waals surface area contributed by atoms with Gasteiger partial charge in [0.2, 0.25) is 0 Å². The van der Waals surface area contributed by atoms with Crippen molar-refractivity contribution in [2.24, 2.45) is 10.9 Å². The number of hydrogen-bond donors (Lipinski definition) is 0. The van der Waals surface area contributed by atoms with Crippen LogP contribution in [0.4, 0.5) is 0 Å². The van der Waals surface area contributed by atoms with Crippen molar-refractivity contribution in [3.63, 3.8) is 0 Å². The second-order valence-corrected chi connectivity index (χ2v) is 6.15. The fraction of sp³-hybridized carbons (Fsp3) is 0.562. The van der Waals surface area contributed by atoms with Crippen molar-refractivity contribution in [2.45, 2.75) is 44.9 Å². The number of nitrogens with zero attached hydrogens (tertiary/aromatic N) is 1. The van der Waals surface area contributed by atoms with Gasteiger partial charge in [0.25, 0.3) is 0 Å². The van der Waals surface area contributed by atoms with Gasteiger partial charge in [-0.05, 0) is 42.9 Å². The third kappa shape index (κ3) is 2.47. The fourth-order valence-electron chi connectivity index (χ4n) is 2.93. The van der Waals surface area contributed by atoms with Gasteiger partial charge in [-0.3, -0.25) is 4.99 Å². The van der Waals surface area contributed by atoms with Crippen LogP contribution in [0, 0.1) is 5.92 Å². The minimum absolute atomic E-state index is 0.198. The third-order valence-electron chi connectivity index (χ3n) is 4.03. The Bertz CT molecular complexity index is 427. The molecule has 0 aromatic heterocycles. The molecule has 18 heavy (non-hydrogen) atoms. The first kappa shape index (κ1) is 13.6. The number of halogens is 1. The van der Waals surface area contributed by atoms with Gasteiger partial charge in [0.05, 0.1) is 0 Å². The normalized spacial score (nSPS) is 18.8. The number of rotatable bonds is 4. The summed E-state index contributed by atoms with van der Waals surface area (Å²) in [4.78, 5) is 4.60. The van der Waals surface area contributed by atoms with Crippen molar-refractivity contribution in [1.82, 2.24) is 0 Å². The molecule has 1 aromatic rings. The molecule has 2 rings (SSSR count). The summed E-state index contributed by atoms with van der Waals surface area (Å²) in [6.45, 7) is 4.53. The van der Waals surface area contributed by atoms with Crippen LogP contribution < -0.4 is 0 Å². The van der Waals surface area contributed by atoms with E-state index in [9.17, 15) is 0 Å². The number of benzene rings is 1. The Morgan fingerprint density at radius 2 is 1.89 bits per heavy atom. The molecule has 1 nitrogen and oxygen atoms in total. The van der Waals surface area contributed by atoms with Crippen LogP contribution in [0.3, 0.4) is 0 Å². The maximum Gasteiger partial charge on any atom is 0.0406 e. The van der Waals surface area contributed by atoms with E-state index in [1.54, 1.807) is 0 Å². The Morgan fingerprint density at radius 1 is 1.28 bits per heavy atom. The molecule has 0 amide bonds. The first-order chi connectivity index (χ1) is 8.58. The molecule has 1 fully saturated rings. The van der Waals surface area contributed by atoms with Crippen molar-refractivity contribution in [3.05, 3.63) is 34.9 Å². The van der Waals surface area contributed by atoms with Crippen LogP contribution in [-0.2, 0) is 5.41 Å². The Labute approximate surface area is 115 Å². The van der Waals surface area contributed by atoms with Crippen LogP contribution >= 0.6 is 11.6 Å². The van der Waals surface area contributed by atoms with Crippen molar-refractivity contribution < 1.29 is 0 Å². The molecular weight excluding hydrogens is 242 g/mol. The summed E-state index contributed by atoms with van der Waals surface area (Å²) in [5.74, 6) is 0.661. The highest BCUT2D eigenvalue weighted by atomic mass is 35.5. The first-order valence-corrected chi connectivity index (χ1v) is 7.18. The molecule has 1 aromatic carbocycles. The van der Waals surface area contributed by atoms with Gasteiger partial charge in [-0.15, -0.1) is 0 Å². The molecule has 1 saturated carbocycles. The molecule has 0 heterocycles. The topological polar surface area (TPSA) is 12.4 Å². The summed E-state index contributed by atoms with van der Waals surface area (Å²) < 4.78 is 0. The standard InChI is InChI=1S/C16H22ClN/c1-12(2)11-15(18-3)16(9-4-10-16)13-5-7-14(17)8-6-13/h5-8,12H,4,9-11H2,1-3H3/b18-15+. The number of aliphatic imine (C=N–C) groups is 1. The minimum atomic E-state index is 0.198. The number of hydrogen-bond acceptors (Lipinski definition) is 1. The molecule has 0 atom stereocenters. The second kappa shape index (κ2) is 5.44. The Morgan fingerprint density at radius 3 is 2.28 bits per heavy atom. The molecule has 0 aliphatic heterocycles. The summed E-state index contributed by atoms with van der Waals surface area (Å²) >= 11 is 5.99. The van der Waals surface area contributed by atoms with E-state index < -0.39 is 0 Å². The zero-order valence-electron chi connectivity index (χ0n) is 11.5. The largest absolute Gasteiger partial charge is 0.297 e. The van der Waals surface area contributed by atoms with E-state index in [0.717, 1.165) is 11.4 Å². The average molecular weight is 264 g/mol. The van der Waals surface area contributed by atoms with Crippen LogP contribution in [0.15, 0.2) is 29.3 Å². The lowest BCUT2D eigenvalue weighted by atomic mass is 9.60. The molecule has 0 saturated heterocycles. The Kier molecular flexibility index (Phi) is 4.11. The molecule has 0 spiro atoms. The van der Waals surface area contributed by atoms with Gasteiger partial charge in [-0.2, -0.15) is 0 Å². The lowest BCUT2D eigenvalue weighted by Gasteiger charge is -2.44. The van der Waals surface area contributed by atoms with Crippen LogP contribution in [-0.4, -0.2) is 12.8 Å². The van der Waals surface area contributed by atoms with E-state index in [4.69, 9.17) is 11.6 Å². The highest BCUT2D eigenvalue weighted by Crippen LogP contribution is 2.46. The maximum atomic E-state index is 5.99. The monoisotopic (exact) mass is 263 g/mol. The maximum absolute atomic E-state index is 5.99. The van der Waals surface area contributed by atoms with Crippen LogP contribution in [0.5, 0.6) is 0 Å². The zero-order chi connectivity index (χ0) is 13.2. The van der Waals surface area contributed by atoms with Crippen molar-refractivity contribution in [1.29, 1.82) is 0 Å². The van der Waals surface area contributed by atoms with E-state index >= 15 is 0 Å². The quantitative estimate of drug-likeness (QED) is 0.687. The third-order valence-corrected chi connectivity index (χ3v) is 4.28. The van der Waals surface area contributed by atoms with Gasteiger partial charge in [0.15, 0.2) is 0 Å². The summed E-state index contributed by atoms with van der Waals surface area (Å²) in [6, 6.07) is 8.35. The molecule has 98 valence electrons. The smallest absolute Gasteiger partial charge is 0.0406 e. The summed E-state index contributed by atoms with van der Waals surface area (Å²) in [5.41, 5.74) is 2.95. The molecule has 1 aliphatic carbocycles. The molecule has 0 bridgehead atoms. The van der Waals surface area contributed by atoms with Gasteiger partial charge in [0, 0.05) is 23.2 Å². The van der Waals surface area contributed by atoms with Crippen LogP contribution in [0.2, 0.25) is 5.02 Å².